The molecule has 1 saturated heterocycles. The van der Waals surface area contributed by atoms with Crippen LogP contribution in [0.5, 0.6) is 0 Å². The summed E-state index contributed by atoms with van der Waals surface area (Å²) in [7, 11) is 0. The summed E-state index contributed by atoms with van der Waals surface area (Å²) in [6, 6.07) is 8.94. The van der Waals surface area contributed by atoms with E-state index in [2.05, 4.69) is 0 Å². The minimum atomic E-state index is -0.632. The van der Waals surface area contributed by atoms with Crippen LogP contribution in [0.4, 0.5) is 0 Å². The molecule has 1 fully saturated rings. The molecule has 0 radical (unpaired) electrons. The topological polar surface area (TPSA) is 118 Å². The van der Waals surface area contributed by atoms with E-state index in [1.165, 1.54) is 0 Å². The lowest BCUT2D eigenvalue weighted by Crippen LogP contribution is -2.52. The Balaban J connectivity index is 2.31. The van der Waals surface area contributed by atoms with Crippen LogP contribution in [0.2, 0.25) is 0 Å². The second-order valence-corrected chi connectivity index (χ2v) is 15.4. The Hall–Kier alpha value is -3.06. The van der Waals surface area contributed by atoms with Crippen molar-refractivity contribution in [2.45, 2.75) is 98.7 Å². The highest BCUT2D eigenvalue weighted by Crippen LogP contribution is 2.13. The number of benzene rings is 1. The minimum absolute atomic E-state index is 0.0585. The van der Waals surface area contributed by atoms with Crippen molar-refractivity contribution < 1.29 is 38.1 Å². The van der Waals surface area contributed by atoms with Gasteiger partial charge in [-0.15, -0.1) is 0 Å². The molecule has 0 saturated carbocycles. The lowest BCUT2D eigenvalue weighted by molar-refractivity contribution is -0.159. The van der Waals surface area contributed by atoms with Gasteiger partial charge < -0.3 is 18.9 Å². The van der Waals surface area contributed by atoms with Crippen molar-refractivity contribution in [3.63, 3.8) is 0 Å². The second kappa shape index (κ2) is 18.6. The van der Waals surface area contributed by atoms with Gasteiger partial charge in [0.1, 0.15) is 29.5 Å². The van der Waals surface area contributed by atoms with Crippen LogP contribution in [0, 0.1) is 0 Å². The molecule has 1 atom stereocenters. The highest BCUT2D eigenvalue weighted by atomic mass is 16.6. The normalized spacial score (nSPS) is 17.8. The van der Waals surface area contributed by atoms with E-state index < -0.39 is 22.8 Å². The van der Waals surface area contributed by atoms with E-state index in [1.54, 1.807) is 0 Å². The molecule has 0 N–H and O–H groups in total. The summed E-state index contributed by atoms with van der Waals surface area (Å²) in [5.74, 6) is -1.40. The number of hydrogen-bond donors (Lipinski definition) is 0. The molecule has 48 heavy (non-hydrogen) atoms. The third-order valence-electron chi connectivity index (χ3n) is 7.30. The molecule has 0 unspecified atom stereocenters. The number of nitrogens with zero attached hydrogens (tertiary/aromatic N) is 4. The number of ether oxygens (including phenoxy) is 4. The summed E-state index contributed by atoms with van der Waals surface area (Å²) in [5, 5.41) is 0. The van der Waals surface area contributed by atoms with Crippen LogP contribution in [0.15, 0.2) is 30.3 Å². The Morgan fingerprint density at radius 1 is 0.583 bits per heavy atom. The van der Waals surface area contributed by atoms with Gasteiger partial charge in [0.2, 0.25) is 0 Å². The van der Waals surface area contributed by atoms with Gasteiger partial charge in [0, 0.05) is 52.4 Å². The summed E-state index contributed by atoms with van der Waals surface area (Å²) in [6.45, 7) is 22.3. The van der Waals surface area contributed by atoms with Crippen molar-refractivity contribution >= 4 is 23.9 Å². The summed E-state index contributed by atoms with van der Waals surface area (Å²) in [5.41, 5.74) is -0.993. The molecule has 0 amide bonds. The van der Waals surface area contributed by atoms with Crippen molar-refractivity contribution in [3.05, 3.63) is 35.9 Å². The van der Waals surface area contributed by atoms with E-state index in [4.69, 9.17) is 18.9 Å². The molecule has 0 bridgehead atoms. The van der Waals surface area contributed by atoms with Crippen LogP contribution in [-0.2, 0) is 44.7 Å². The lowest BCUT2D eigenvalue weighted by Gasteiger charge is -2.35. The van der Waals surface area contributed by atoms with Gasteiger partial charge in [-0.1, -0.05) is 30.3 Å². The van der Waals surface area contributed by atoms with Crippen LogP contribution < -0.4 is 0 Å². The largest absolute Gasteiger partial charge is 0.460 e. The van der Waals surface area contributed by atoms with Gasteiger partial charge in [-0.05, 0) is 74.8 Å². The fraction of sp³-hybridized carbons (Fsp3) is 0.722. The van der Waals surface area contributed by atoms with Crippen LogP contribution in [0.25, 0.3) is 0 Å². The summed E-state index contributed by atoms with van der Waals surface area (Å²) in [6.07, 6.45) is 0. The number of rotatable bonds is 10. The molecule has 0 aromatic heterocycles. The van der Waals surface area contributed by atoms with Crippen molar-refractivity contribution in [1.82, 2.24) is 19.6 Å². The fourth-order valence-corrected chi connectivity index (χ4v) is 5.08. The van der Waals surface area contributed by atoms with E-state index in [0.29, 0.717) is 52.4 Å². The summed E-state index contributed by atoms with van der Waals surface area (Å²) >= 11 is 0. The number of carbonyl (C=O) groups excluding carboxylic acids is 4. The maximum absolute atomic E-state index is 13.3. The molecule has 1 aromatic carbocycles. The molecular weight excluding hydrogens is 616 g/mol. The van der Waals surface area contributed by atoms with Gasteiger partial charge in [-0.2, -0.15) is 0 Å². The van der Waals surface area contributed by atoms with Crippen LogP contribution in [-0.4, -0.2) is 138 Å². The SMILES string of the molecule is C[C@H](C(=O)OCc1ccccc1)N1CCN(CC(=O)OC(C)(C)C)CCN(CC(=O)OC(C)(C)C)CCN(CC(=O)OC(C)(C)C)CC1. The van der Waals surface area contributed by atoms with Gasteiger partial charge in [0.15, 0.2) is 0 Å². The second-order valence-electron chi connectivity index (χ2n) is 15.4. The first-order valence-electron chi connectivity index (χ1n) is 17.0. The van der Waals surface area contributed by atoms with Gasteiger partial charge in [0.05, 0.1) is 19.6 Å². The summed E-state index contributed by atoms with van der Waals surface area (Å²) < 4.78 is 22.5. The van der Waals surface area contributed by atoms with Crippen molar-refractivity contribution in [1.29, 1.82) is 0 Å². The fourth-order valence-electron chi connectivity index (χ4n) is 5.08. The molecule has 2 rings (SSSR count). The highest BCUT2D eigenvalue weighted by molar-refractivity contribution is 5.75. The zero-order valence-electron chi connectivity index (χ0n) is 31.0. The van der Waals surface area contributed by atoms with E-state index in [1.807, 2.05) is 119 Å². The summed E-state index contributed by atoms with van der Waals surface area (Å²) in [4.78, 5) is 60.0. The Morgan fingerprint density at radius 2 is 0.917 bits per heavy atom. The third kappa shape index (κ3) is 17.9. The molecule has 0 spiro atoms. The first-order chi connectivity index (χ1) is 22.2. The molecule has 1 aliphatic heterocycles. The van der Waals surface area contributed by atoms with Crippen LogP contribution in [0.1, 0.15) is 74.8 Å². The Bertz CT molecular complexity index is 1130. The lowest BCUT2D eigenvalue weighted by atomic mass is 10.2. The molecule has 12 heteroatoms. The van der Waals surface area contributed by atoms with Crippen molar-refractivity contribution in [2.24, 2.45) is 0 Å². The smallest absolute Gasteiger partial charge is 0.323 e. The number of esters is 4. The van der Waals surface area contributed by atoms with Crippen LogP contribution in [0.3, 0.4) is 0 Å². The molecule has 272 valence electrons. The number of hydrogen-bond acceptors (Lipinski definition) is 12. The molecular formula is C36H60N4O8. The van der Waals surface area contributed by atoms with Gasteiger partial charge in [-0.25, -0.2) is 0 Å². The van der Waals surface area contributed by atoms with E-state index in [9.17, 15) is 19.2 Å². The monoisotopic (exact) mass is 676 g/mol. The maximum Gasteiger partial charge on any atom is 0.323 e. The standard InChI is InChI=1S/C36H60N4O8/c1-28(33(44)45-27-29-14-12-11-13-15-29)40-22-20-38(25-31(42)47-35(5,6)7)18-16-37(24-30(41)46-34(2,3)4)17-19-39(21-23-40)26-32(43)48-36(8,9)10/h11-15,28H,16-27H2,1-10H3/t28-/m1/s1. The van der Waals surface area contributed by atoms with Gasteiger partial charge in [0.25, 0.3) is 0 Å². The Kier molecular flexibility index (Phi) is 16.0. The van der Waals surface area contributed by atoms with Crippen molar-refractivity contribution in [2.75, 3.05) is 72.0 Å². The van der Waals surface area contributed by atoms with E-state index in [-0.39, 0.29) is 50.1 Å². The zero-order chi connectivity index (χ0) is 36.1. The average molecular weight is 677 g/mol. The van der Waals surface area contributed by atoms with Gasteiger partial charge in [-0.3, -0.25) is 38.8 Å². The highest BCUT2D eigenvalue weighted by Gasteiger charge is 2.28. The number of carbonyl (C=O) groups is 4. The first kappa shape index (κ1) is 41.1. The van der Waals surface area contributed by atoms with E-state index >= 15 is 0 Å². The predicted molar refractivity (Wildman–Crippen MR) is 184 cm³/mol. The molecule has 12 nitrogen and oxygen atoms in total. The first-order valence-corrected chi connectivity index (χ1v) is 17.0. The zero-order valence-corrected chi connectivity index (χ0v) is 31.0. The molecule has 1 aliphatic rings. The molecule has 1 aromatic rings. The Labute approximate surface area is 288 Å². The molecule has 1 heterocycles. The van der Waals surface area contributed by atoms with Gasteiger partial charge >= 0.3 is 23.9 Å². The third-order valence-corrected chi connectivity index (χ3v) is 7.30. The van der Waals surface area contributed by atoms with Crippen LogP contribution >= 0.6 is 0 Å². The van der Waals surface area contributed by atoms with E-state index in [0.717, 1.165) is 5.56 Å². The average Bonchev–Trinajstić information content (AvgIpc) is 2.93. The Morgan fingerprint density at radius 3 is 1.25 bits per heavy atom. The maximum atomic E-state index is 13.3. The molecule has 0 aliphatic carbocycles. The predicted octanol–water partition coefficient (Wildman–Crippen LogP) is 3.37. The van der Waals surface area contributed by atoms with Crippen molar-refractivity contribution in [3.8, 4) is 0 Å². The minimum Gasteiger partial charge on any atom is -0.460 e. The quantitative estimate of drug-likeness (QED) is 0.267.